The second-order valence-electron chi connectivity index (χ2n) is 2.42. The van der Waals surface area contributed by atoms with Crippen LogP contribution in [0.4, 0.5) is 0 Å². The standard InChI is InChI=1S/C5H6Cl3N3OS/c1-9-3(12)11(5(6,7)8)4(13)10(9)2/h1-2H3. The second-order valence-corrected chi connectivity index (χ2v) is 5.00. The van der Waals surface area contributed by atoms with Gasteiger partial charge in [0.15, 0.2) is 0 Å². The minimum atomic E-state index is -1.84. The van der Waals surface area contributed by atoms with E-state index in [4.69, 9.17) is 47.0 Å². The van der Waals surface area contributed by atoms with Gasteiger partial charge in [0.2, 0.25) is 4.77 Å². The third-order valence-corrected chi connectivity index (χ3v) is 2.59. The first-order valence-electron chi connectivity index (χ1n) is 3.19. The minimum Gasteiger partial charge on any atom is -0.260 e. The van der Waals surface area contributed by atoms with Gasteiger partial charge in [-0.05, 0) is 12.2 Å². The molecular weight excluding hydrogens is 257 g/mol. The van der Waals surface area contributed by atoms with Crippen LogP contribution >= 0.6 is 47.0 Å². The highest BCUT2D eigenvalue weighted by Crippen LogP contribution is 2.30. The Balaban J connectivity index is 3.68. The topological polar surface area (TPSA) is 31.9 Å². The van der Waals surface area contributed by atoms with Gasteiger partial charge in [0, 0.05) is 14.1 Å². The van der Waals surface area contributed by atoms with Crippen LogP contribution in [0.3, 0.4) is 0 Å². The van der Waals surface area contributed by atoms with Gasteiger partial charge in [-0.25, -0.2) is 14.0 Å². The van der Waals surface area contributed by atoms with Crippen molar-refractivity contribution < 1.29 is 0 Å². The SMILES string of the molecule is Cn1c(=O)n(C(Cl)(Cl)Cl)c(=S)n1C. The first kappa shape index (κ1) is 11.1. The summed E-state index contributed by atoms with van der Waals surface area (Å²) in [5.74, 6) is 0. The smallest absolute Gasteiger partial charge is 0.260 e. The summed E-state index contributed by atoms with van der Waals surface area (Å²) in [4.78, 5) is 11.4. The molecule has 0 aliphatic carbocycles. The van der Waals surface area contributed by atoms with E-state index in [2.05, 4.69) is 0 Å². The molecule has 13 heavy (non-hydrogen) atoms. The Hall–Kier alpha value is 0.0300. The van der Waals surface area contributed by atoms with Crippen LogP contribution in [-0.2, 0) is 18.0 Å². The monoisotopic (exact) mass is 261 g/mol. The van der Waals surface area contributed by atoms with Crippen LogP contribution in [0.5, 0.6) is 0 Å². The van der Waals surface area contributed by atoms with Crippen LogP contribution in [0.25, 0.3) is 0 Å². The van der Waals surface area contributed by atoms with Gasteiger partial charge in [0.25, 0.3) is 3.92 Å². The zero-order chi connectivity index (χ0) is 10.4. The molecule has 0 radical (unpaired) electrons. The molecule has 0 aliphatic heterocycles. The minimum absolute atomic E-state index is 0.160. The lowest BCUT2D eigenvalue weighted by Crippen LogP contribution is -2.29. The van der Waals surface area contributed by atoms with Gasteiger partial charge in [-0.1, -0.05) is 34.8 Å². The first-order chi connectivity index (χ1) is 5.76. The fourth-order valence-electron chi connectivity index (χ4n) is 0.845. The van der Waals surface area contributed by atoms with Crippen LogP contribution in [0, 0.1) is 4.77 Å². The Labute approximate surface area is 94.2 Å². The van der Waals surface area contributed by atoms with Crippen molar-refractivity contribution in [2.75, 3.05) is 0 Å². The molecule has 1 rings (SSSR count). The fraction of sp³-hybridized carbons (Fsp3) is 0.600. The Bertz CT molecular complexity index is 404. The van der Waals surface area contributed by atoms with E-state index in [1.165, 1.54) is 16.4 Å². The maximum Gasteiger partial charge on any atom is 0.348 e. The molecule has 4 nitrogen and oxygen atoms in total. The Morgan fingerprint density at radius 2 is 1.69 bits per heavy atom. The maximum atomic E-state index is 11.4. The third kappa shape index (κ3) is 1.79. The quantitative estimate of drug-likeness (QED) is 0.525. The van der Waals surface area contributed by atoms with E-state index in [0.717, 1.165) is 4.57 Å². The molecule has 0 saturated heterocycles. The van der Waals surface area contributed by atoms with E-state index in [0.29, 0.717) is 0 Å². The molecule has 0 atom stereocenters. The summed E-state index contributed by atoms with van der Waals surface area (Å²) >= 11 is 21.6. The van der Waals surface area contributed by atoms with Gasteiger partial charge in [-0.3, -0.25) is 4.68 Å². The van der Waals surface area contributed by atoms with E-state index in [1.807, 2.05) is 0 Å². The molecule has 0 aliphatic rings. The largest absolute Gasteiger partial charge is 0.348 e. The van der Waals surface area contributed by atoms with Crippen molar-refractivity contribution in [3.05, 3.63) is 15.3 Å². The number of hydrogen-bond acceptors (Lipinski definition) is 2. The van der Waals surface area contributed by atoms with Crippen LogP contribution in [0.1, 0.15) is 0 Å². The zero-order valence-electron chi connectivity index (χ0n) is 6.79. The first-order valence-corrected chi connectivity index (χ1v) is 4.73. The average Bonchev–Trinajstić information content (AvgIpc) is 2.14. The summed E-state index contributed by atoms with van der Waals surface area (Å²) in [6.45, 7) is 0. The molecule has 0 fully saturated rings. The van der Waals surface area contributed by atoms with E-state index in [9.17, 15) is 4.79 Å². The number of alkyl halides is 3. The van der Waals surface area contributed by atoms with Gasteiger partial charge >= 0.3 is 5.69 Å². The Morgan fingerprint density at radius 3 is 1.85 bits per heavy atom. The number of hydrogen-bond donors (Lipinski definition) is 0. The molecule has 1 aromatic rings. The zero-order valence-corrected chi connectivity index (χ0v) is 9.88. The van der Waals surface area contributed by atoms with Crippen molar-refractivity contribution >= 4 is 47.0 Å². The van der Waals surface area contributed by atoms with Gasteiger partial charge in [-0.2, -0.15) is 0 Å². The van der Waals surface area contributed by atoms with Crippen LogP contribution in [-0.4, -0.2) is 13.9 Å². The predicted octanol–water partition coefficient (Wildman–Crippen LogP) is 1.54. The summed E-state index contributed by atoms with van der Waals surface area (Å²) in [5.41, 5.74) is -0.465. The molecule has 0 unspecified atom stereocenters. The summed E-state index contributed by atoms with van der Waals surface area (Å²) in [6.07, 6.45) is 0. The number of rotatable bonds is 0. The van der Waals surface area contributed by atoms with Gasteiger partial charge in [-0.15, -0.1) is 0 Å². The van der Waals surface area contributed by atoms with Crippen LogP contribution < -0.4 is 5.69 Å². The molecule has 0 saturated carbocycles. The lowest BCUT2D eigenvalue weighted by Gasteiger charge is -2.09. The normalized spacial score (nSPS) is 12.1. The number of halogens is 3. The van der Waals surface area contributed by atoms with Crippen molar-refractivity contribution in [2.24, 2.45) is 14.1 Å². The average molecular weight is 263 g/mol. The highest BCUT2D eigenvalue weighted by molar-refractivity contribution is 7.71. The van der Waals surface area contributed by atoms with E-state index in [1.54, 1.807) is 7.05 Å². The summed E-state index contributed by atoms with van der Waals surface area (Å²) < 4.78 is 1.90. The molecule has 74 valence electrons. The molecular formula is C5H6Cl3N3OS. The van der Waals surface area contributed by atoms with E-state index < -0.39 is 9.61 Å². The molecule has 0 N–H and O–H groups in total. The highest BCUT2D eigenvalue weighted by Gasteiger charge is 2.27. The van der Waals surface area contributed by atoms with Gasteiger partial charge in [0.1, 0.15) is 0 Å². The number of aromatic nitrogens is 3. The highest BCUT2D eigenvalue weighted by atomic mass is 35.6. The third-order valence-electron chi connectivity index (χ3n) is 1.64. The van der Waals surface area contributed by atoms with E-state index >= 15 is 0 Å². The predicted molar refractivity (Wildman–Crippen MR) is 55.0 cm³/mol. The molecule has 1 heterocycles. The van der Waals surface area contributed by atoms with Crippen molar-refractivity contribution in [3.63, 3.8) is 0 Å². The van der Waals surface area contributed by atoms with Gasteiger partial charge in [0.05, 0.1) is 0 Å². The molecule has 0 aromatic carbocycles. The van der Waals surface area contributed by atoms with Crippen molar-refractivity contribution in [1.29, 1.82) is 0 Å². The Morgan fingerprint density at radius 1 is 1.23 bits per heavy atom. The maximum absolute atomic E-state index is 11.4. The molecule has 8 heteroatoms. The second kappa shape index (κ2) is 3.31. The van der Waals surface area contributed by atoms with Crippen LogP contribution in [0.15, 0.2) is 4.79 Å². The van der Waals surface area contributed by atoms with Crippen molar-refractivity contribution in [2.45, 2.75) is 3.92 Å². The van der Waals surface area contributed by atoms with E-state index in [-0.39, 0.29) is 4.77 Å². The molecule has 0 bridgehead atoms. The fourth-order valence-corrected chi connectivity index (χ4v) is 1.79. The Kier molecular flexibility index (Phi) is 2.83. The lowest BCUT2D eigenvalue weighted by atomic mass is 11.0. The molecule has 0 spiro atoms. The lowest BCUT2D eigenvalue weighted by molar-refractivity contribution is 0.573. The summed E-state index contributed by atoms with van der Waals surface area (Å²) in [6, 6.07) is 0. The van der Waals surface area contributed by atoms with Crippen molar-refractivity contribution in [1.82, 2.24) is 13.9 Å². The summed E-state index contributed by atoms with van der Waals surface area (Å²) in [5, 5.41) is 0. The summed E-state index contributed by atoms with van der Waals surface area (Å²) in [7, 11) is 3.14. The van der Waals surface area contributed by atoms with Gasteiger partial charge < -0.3 is 0 Å². The van der Waals surface area contributed by atoms with Crippen molar-refractivity contribution in [3.8, 4) is 0 Å². The number of nitrogens with zero attached hydrogens (tertiary/aromatic N) is 3. The molecule has 0 amide bonds. The van der Waals surface area contributed by atoms with Crippen LogP contribution in [0.2, 0.25) is 0 Å². The molecule has 1 aromatic heterocycles.